The lowest BCUT2D eigenvalue weighted by atomic mass is 10.4. The molecule has 0 amide bonds. The van der Waals surface area contributed by atoms with E-state index >= 15 is 0 Å². The van der Waals surface area contributed by atoms with Crippen LogP contribution >= 0.6 is 0 Å². The molecule has 13 heavy (non-hydrogen) atoms. The first-order valence-corrected chi connectivity index (χ1v) is 3.49. The molecular weight excluding hydrogens is 193 g/mol. The van der Waals surface area contributed by atoms with Crippen LogP contribution in [0.15, 0.2) is 0 Å². The van der Waals surface area contributed by atoms with Gasteiger partial charge >= 0.3 is 12.3 Å². The summed E-state index contributed by atoms with van der Waals surface area (Å²) >= 11 is 0. The first-order valence-electron chi connectivity index (χ1n) is 3.49. The van der Waals surface area contributed by atoms with Crippen molar-refractivity contribution in [2.24, 2.45) is 0 Å². The Kier molecular flexibility index (Phi) is 2.97. The van der Waals surface area contributed by atoms with Crippen molar-refractivity contribution in [1.82, 2.24) is 0 Å². The fourth-order valence-corrected chi connectivity index (χ4v) is 0.744. The molecule has 1 rings (SSSR count). The molecule has 76 valence electrons. The van der Waals surface area contributed by atoms with Gasteiger partial charge in [0.2, 0.25) is 6.29 Å². The van der Waals surface area contributed by atoms with Crippen LogP contribution in [-0.4, -0.2) is 31.8 Å². The first-order chi connectivity index (χ1) is 5.97. The molecular formula is C6H7F3O4. The van der Waals surface area contributed by atoms with Gasteiger partial charge in [0.05, 0.1) is 0 Å². The quantitative estimate of drug-likeness (QED) is 0.633. The molecule has 0 aromatic carbocycles. The van der Waals surface area contributed by atoms with E-state index in [4.69, 9.17) is 0 Å². The third-order valence-corrected chi connectivity index (χ3v) is 1.23. The van der Waals surface area contributed by atoms with Gasteiger partial charge in [0.1, 0.15) is 13.2 Å². The van der Waals surface area contributed by atoms with Gasteiger partial charge in [0, 0.05) is 6.42 Å². The van der Waals surface area contributed by atoms with Crippen LogP contribution in [0.3, 0.4) is 0 Å². The summed E-state index contributed by atoms with van der Waals surface area (Å²) in [6.45, 7) is -1.41. The van der Waals surface area contributed by atoms with Gasteiger partial charge in [-0.05, 0) is 0 Å². The van der Waals surface area contributed by atoms with E-state index in [1.54, 1.807) is 0 Å². The summed E-state index contributed by atoms with van der Waals surface area (Å²) in [6.07, 6.45) is -6.45. The molecule has 1 aliphatic heterocycles. The van der Waals surface area contributed by atoms with E-state index in [2.05, 4.69) is 14.2 Å². The van der Waals surface area contributed by atoms with E-state index in [-0.39, 0.29) is 13.0 Å². The summed E-state index contributed by atoms with van der Waals surface area (Å²) in [4.78, 5) is 10.4. The number of halogens is 3. The number of alkyl halides is 3. The molecule has 0 aromatic rings. The van der Waals surface area contributed by atoms with E-state index in [1.165, 1.54) is 0 Å². The Balaban J connectivity index is 2.25. The van der Waals surface area contributed by atoms with Crippen LogP contribution in [0.5, 0.6) is 0 Å². The second-order valence-electron chi connectivity index (χ2n) is 2.36. The highest BCUT2D eigenvalue weighted by Crippen LogP contribution is 2.18. The van der Waals surface area contributed by atoms with Crippen molar-refractivity contribution in [2.75, 3.05) is 13.2 Å². The normalized spacial score (nSPS) is 23.6. The Hall–Kier alpha value is -0.980. The molecule has 1 fully saturated rings. The maximum atomic E-state index is 11.6. The number of hydrogen-bond donors (Lipinski definition) is 0. The van der Waals surface area contributed by atoms with Gasteiger partial charge in [-0.1, -0.05) is 0 Å². The zero-order valence-electron chi connectivity index (χ0n) is 6.47. The summed E-state index contributed by atoms with van der Waals surface area (Å²) in [5.41, 5.74) is 0. The molecule has 0 spiro atoms. The Morgan fingerprint density at radius 1 is 1.54 bits per heavy atom. The monoisotopic (exact) mass is 200 g/mol. The average molecular weight is 200 g/mol. The highest BCUT2D eigenvalue weighted by atomic mass is 19.4. The lowest BCUT2D eigenvalue weighted by molar-refractivity contribution is -0.230. The van der Waals surface area contributed by atoms with Crippen LogP contribution in [0.25, 0.3) is 0 Å². The van der Waals surface area contributed by atoms with E-state index in [9.17, 15) is 18.0 Å². The maximum absolute atomic E-state index is 11.6. The molecule has 1 saturated heterocycles. The van der Waals surface area contributed by atoms with Crippen molar-refractivity contribution in [3.05, 3.63) is 0 Å². The second kappa shape index (κ2) is 3.82. The van der Waals surface area contributed by atoms with Crippen molar-refractivity contribution >= 4 is 6.16 Å². The predicted molar refractivity (Wildman–Crippen MR) is 32.8 cm³/mol. The zero-order chi connectivity index (χ0) is 9.90. The summed E-state index contributed by atoms with van der Waals surface area (Å²) in [5, 5.41) is 0. The molecule has 0 saturated carbocycles. The second-order valence-corrected chi connectivity index (χ2v) is 2.36. The number of hydrogen-bond acceptors (Lipinski definition) is 4. The van der Waals surface area contributed by atoms with Crippen LogP contribution < -0.4 is 0 Å². The highest BCUT2D eigenvalue weighted by molar-refractivity contribution is 5.60. The third kappa shape index (κ3) is 3.97. The maximum Gasteiger partial charge on any atom is 0.510 e. The SMILES string of the molecule is O=C1OCCC(OCC(F)(F)F)O1. The number of carbonyl (C=O) groups excluding carboxylic acids is 1. The minimum atomic E-state index is -4.41. The Morgan fingerprint density at radius 3 is 2.77 bits per heavy atom. The van der Waals surface area contributed by atoms with Crippen molar-refractivity contribution in [3.8, 4) is 0 Å². The summed E-state index contributed by atoms with van der Waals surface area (Å²) in [5.74, 6) is 0. The van der Waals surface area contributed by atoms with E-state index in [0.717, 1.165) is 0 Å². The van der Waals surface area contributed by atoms with E-state index in [1.807, 2.05) is 0 Å². The molecule has 0 N–H and O–H groups in total. The van der Waals surface area contributed by atoms with Crippen molar-refractivity contribution in [3.63, 3.8) is 0 Å². The molecule has 1 heterocycles. The van der Waals surface area contributed by atoms with Crippen LogP contribution in [0, 0.1) is 0 Å². The largest absolute Gasteiger partial charge is 0.510 e. The van der Waals surface area contributed by atoms with Crippen molar-refractivity contribution < 1.29 is 32.2 Å². The molecule has 0 bridgehead atoms. The average Bonchev–Trinajstić information content (AvgIpc) is 2.00. The zero-order valence-corrected chi connectivity index (χ0v) is 6.47. The molecule has 0 radical (unpaired) electrons. The van der Waals surface area contributed by atoms with Crippen molar-refractivity contribution in [2.45, 2.75) is 18.9 Å². The summed E-state index contributed by atoms with van der Waals surface area (Å²) < 4.78 is 47.7. The van der Waals surface area contributed by atoms with Crippen molar-refractivity contribution in [1.29, 1.82) is 0 Å². The minimum Gasteiger partial charge on any atom is -0.434 e. The summed E-state index contributed by atoms with van der Waals surface area (Å²) in [7, 11) is 0. The molecule has 1 atom stereocenters. The van der Waals surface area contributed by atoms with Crippen LogP contribution in [-0.2, 0) is 14.2 Å². The smallest absolute Gasteiger partial charge is 0.434 e. The molecule has 1 aliphatic rings. The lowest BCUT2D eigenvalue weighted by Gasteiger charge is -2.22. The van der Waals surface area contributed by atoms with E-state index < -0.39 is 25.2 Å². The van der Waals surface area contributed by atoms with Crippen LogP contribution in [0.4, 0.5) is 18.0 Å². The Morgan fingerprint density at radius 2 is 2.23 bits per heavy atom. The van der Waals surface area contributed by atoms with Crippen LogP contribution in [0.1, 0.15) is 6.42 Å². The van der Waals surface area contributed by atoms with Gasteiger partial charge in [-0.15, -0.1) is 0 Å². The molecule has 0 aliphatic carbocycles. The fourth-order valence-electron chi connectivity index (χ4n) is 0.744. The number of carbonyl (C=O) groups is 1. The Labute approximate surface area is 71.6 Å². The molecule has 1 unspecified atom stereocenters. The summed E-state index contributed by atoms with van der Waals surface area (Å²) in [6, 6.07) is 0. The topological polar surface area (TPSA) is 44.8 Å². The van der Waals surface area contributed by atoms with Gasteiger partial charge in [0.15, 0.2) is 0 Å². The lowest BCUT2D eigenvalue weighted by Crippen LogP contribution is -2.32. The molecule has 0 aromatic heterocycles. The van der Waals surface area contributed by atoms with Gasteiger partial charge in [-0.25, -0.2) is 4.79 Å². The van der Waals surface area contributed by atoms with Gasteiger partial charge in [-0.3, -0.25) is 0 Å². The third-order valence-electron chi connectivity index (χ3n) is 1.23. The first kappa shape index (κ1) is 10.1. The standard InChI is InChI=1S/C6H7F3O4/c7-6(8,9)3-12-4-1-2-11-5(10)13-4/h4H,1-3H2. The Bertz CT molecular complexity index is 191. The van der Waals surface area contributed by atoms with E-state index in [0.29, 0.717) is 0 Å². The van der Waals surface area contributed by atoms with Gasteiger partial charge in [-0.2, -0.15) is 13.2 Å². The van der Waals surface area contributed by atoms with Crippen LogP contribution in [0.2, 0.25) is 0 Å². The molecule has 7 heteroatoms. The number of ether oxygens (including phenoxy) is 3. The highest BCUT2D eigenvalue weighted by Gasteiger charge is 2.31. The van der Waals surface area contributed by atoms with Gasteiger partial charge < -0.3 is 14.2 Å². The fraction of sp³-hybridized carbons (Fsp3) is 0.833. The number of rotatable bonds is 2. The predicted octanol–water partition coefficient (Wildman–Crippen LogP) is 1.45. The van der Waals surface area contributed by atoms with Gasteiger partial charge in [0.25, 0.3) is 0 Å². The minimum absolute atomic E-state index is 0.0152. The number of cyclic esters (lactones) is 2. The molecule has 4 nitrogen and oxygen atoms in total.